The summed E-state index contributed by atoms with van der Waals surface area (Å²) >= 11 is 0. The molecule has 1 fully saturated rings. The quantitative estimate of drug-likeness (QED) is 0.431. The van der Waals surface area contributed by atoms with Crippen molar-refractivity contribution in [3.63, 3.8) is 0 Å². The normalized spacial score (nSPS) is 20.7. The van der Waals surface area contributed by atoms with Gasteiger partial charge in [-0.1, -0.05) is 24.3 Å². The highest BCUT2D eigenvalue weighted by Gasteiger charge is 2.50. The van der Waals surface area contributed by atoms with E-state index in [2.05, 4.69) is 29.3 Å². The smallest absolute Gasteiger partial charge is 0.311 e. The molecule has 2 atom stereocenters. The van der Waals surface area contributed by atoms with E-state index >= 15 is 0 Å². The number of carbonyl (C=O) groups is 1. The highest BCUT2D eigenvalue weighted by Crippen LogP contribution is 2.40. The number of aromatic nitrogens is 1. The van der Waals surface area contributed by atoms with Crippen LogP contribution in [0.3, 0.4) is 0 Å². The van der Waals surface area contributed by atoms with Crippen LogP contribution in [0.25, 0.3) is 11.3 Å². The van der Waals surface area contributed by atoms with E-state index in [9.17, 15) is 9.90 Å². The molecule has 39 heavy (non-hydrogen) atoms. The maximum Gasteiger partial charge on any atom is 0.311 e. The van der Waals surface area contributed by atoms with Crippen LogP contribution < -0.4 is 19.7 Å². The molecule has 0 unspecified atom stereocenters. The molecule has 8 nitrogen and oxygen atoms in total. The lowest BCUT2D eigenvalue weighted by molar-refractivity contribution is -0.148. The summed E-state index contributed by atoms with van der Waals surface area (Å²) in [5, 5.41) is 13.3. The maximum atomic E-state index is 12.1. The SMILES string of the molecule is COC[C@H]1N(c2cccc(-c3cccc(C)c3OCc3cc(C)c4c(c3)OCCNC4)n2)CC[C@@]1(C)C(=O)O. The lowest BCUT2D eigenvalue weighted by atomic mass is 9.83. The van der Waals surface area contributed by atoms with Gasteiger partial charge in [-0.3, -0.25) is 4.79 Å². The number of nitrogens with one attached hydrogen (secondary N) is 1. The zero-order chi connectivity index (χ0) is 27.6. The summed E-state index contributed by atoms with van der Waals surface area (Å²) in [6.45, 7) is 9.53. The summed E-state index contributed by atoms with van der Waals surface area (Å²) in [5.41, 5.74) is 5.22. The molecule has 8 heteroatoms. The third-order valence-corrected chi connectivity index (χ3v) is 8.03. The zero-order valence-electron chi connectivity index (χ0n) is 23.1. The number of carboxylic acids is 1. The van der Waals surface area contributed by atoms with Gasteiger partial charge in [0.05, 0.1) is 23.8 Å². The van der Waals surface area contributed by atoms with Gasteiger partial charge in [0.2, 0.25) is 0 Å². The first-order valence-corrected chi connectivity index (χ1v) is 13.5. The van der Waals surface area contributed by atoms with Crippen LogP contribution in [-0.2, 0) is 22.7 Å². The lowest BCUT2D eigenvalue weighted by Gasteiger charge is -2.32. The molecule has 0 amide bonds. The van der Waals surface area contributed by atoms with Crippen molar-refractivity contribution in [2.24, 2.45) is 5.41 Å². The Kier molecular flexibility index (Phi) is 7.77. The first-order chi connectivity index (χ1) is 18.8. The van der Waals surface area contributed by atoms with Crippen LogP contribution >= 0.6 is 0 Å². The maximum absolute atomic E-state index is 12.1. The number of para-hydroxylation sites is 1. The summed E-state index contributed by atoms with van der Waals surface area (Å²) < 4.78 is 17.9. The van der Waals surface area contributed by atoms with Gasteiger partial charge < -0.3 is 29.5 Å². The highest BCUT2D eigenvalue weighted by molar-refractivity contribution is 5.77. The van der Waals surface area contributed by atoms with Crippen molar-refractivity contribution in [3.05, 3.63) is 70.8 Å². The summed E-state index contributed by atoms with van der Waals surface area (Å²) in [5.74, 6) is 1.62. The van der Waals surface area contributed by atoms with Gasteiger partial charge in [0.15, 0.2) is 0 Å². The monoisotopic (exact) mass is 531 g/mol. The first-order valence-electron chi connectivity index (χ1n) is 13.5. The van der Waals surface area contributed by atoms with Gasteiger partial charge in [0, 0.05) is 37.9 Å². The first kappa shape index (κ1) is 27.0. The van der Waals surface area contributed by atoms with Crippen molar-refractivity contribution >= 4 is 11.8 Å². The number of hydrogen-bond acceptors (Lipinski definition) is 7. The Bertz CT molecular complexity index is 1360. The molecular weight excluding hydrogens is 494 g/mol. The molecule has 5 rings (SSSR count). The van der Waals surface area contributed by atoms with Crippen LogP contribution in [0.2, 0.25) is 0 Å². The Hall–Kier alpha value is -3.62. The van der Waals surface area contributed by atoms with Crippen LogP contribution in [0.15, 0.2) is 48.5 Å². The van der Waals surface area contributed by atoms with Crippen molar-refractivity contribution in [1.82, 2.24) is 10.3 Å². The lowest BCUT2D eigenvalue weighted by Crippen LogP contribution is -2.46. The van der Waals surface area contributed by atoms with Crippen LogP contribution in [0.5, 0.6) is 11.5 Å². The van der Waals surface area contributed by atoms with E-state index in [1.807, 2.05) is 43.3 Å². The molecular formula is C31H37N3O5. The second kappa shape index (κ2) is 11.2. The number of nitrogens with zero attached hydrogens (tertiary/aromatic N) is 2. The number of fused-ring (bicyclic) bond motifs is 1. The summed E-state index contributed by atoms with van der Waals surface area (Å²) in [4.78, 5) is 19.2. The number of anilines is 1. The molecule has 2 N–H and O–H groups in total. The van der Waals surface area contributed by atoms with E-state index in [0.29, 0.717) is 32.8 Å². The number of aryl methyl sites for hydroxylation is 2. The molecule has 0 radical (unpaired) electrons. The van der Waals surface area contributed by atoms with E-state index in [4.69, 9.17) is 19.2 Å². The van der Waals surface area contributed by atoms with E-state index in [1.165, 1.54) is 11.1 Å². The van der Waals surface area contributed by atoms with Gasteiger partial charge in [0.1, 0.15) is 30.5 Å². The van der Waals surface area contributed by atoms with Crippen molar-refractivity contribution in [1.29, 1.82) is 0 Å². The largest absolute Gasteiger partial charge is 0.492 e. The fraction of sp³-hybridized carbons (Fsp3) is 0.419. The molecule has 1 aromatic heterocycles. The van der Waals surface area contributed by atoms with Crippen LogP contribution in [0, 0.1) is 19.3 Å². The number of carboxylic acid groups (broad SMARTS) is 1. The fourth-order valence-corrected chi connectivity index (χ4v) is 5.65. The number of benzene rings is 2. The van der Waals surface area contributed by atoms with Crippen LogP contribution in [-0.4, -0.2) is 55.5 Å². The van der Waals surface area contributed by atoms with Crippen LogP contribution in [0.4, 0.5) is 5.82 Å². The van der Waals surface area contributed by atoms with Gasteiger partial charge in [-0.25, -0.2) is 4.98 Å². The zero-order valence-corrected chi connectivity index (χ0v) is 23.1. The number of hydrogen-bond donors (Lipinski definition) is 2. The number of pyridine rings is 1. The Morgan fingerprint density at radius 3 is 2.82 bits per heavy atom. The average molecular weight is 532 g/mol. The Labute approximate surface area is 229 Å². The Morgan fingerprint density at radius 2 is 2.03 bits per heavy atom. The molecule has 0 spiro atoms. The van der Waals surface area contributed by atoms with Gasteiger partial charge in [-0.05, 0) is 68.1 Å². The third-order valence-electron chi connectivity index (χ3n) is 8.03. The van der Waals surface area contributed by atoms with E-state index in [0.717, 1.165) is 52.8 Å². The standard InChI is InChI=1S/C31H37N3O5/c1-20-7-5-8-23(29(20)39-18-22-15-21(2)24-17-32-12-14-38-26(24)16-22)25-9-6-10-28(33-25)34-13-11-31(3,30(35)36)27(34)19-37-4/h5-10,15-16,27,32H,11-14,17-19H2,1-4H3,(H,35,36)/t27-,31-/m1/s1. The molecule has 0 bridgehead atoms. The van der Waals surface area contributed by atoms with E-state index in [1.54, 1.807) is 14.0 Å². The topological polar surface area (TPSA) is 93.2 Å². The second-order valence-electron chi connectivity index (χ2n) is 10.7. The van der Waals surface area contributed by atoms with Crippen molar-refractivity contribution in [3.8, 4) is 22.8 Å². The summed E-state index contributed by atoms with van der Waals surface area (Å²) in [7, 11) is 1.60. The molecule has 3 heterocycles. The van der Waals surface area contributed by atoms with Gasteiger partial charge in [-0.15, -0.1) is 0 Å². The predicted octanol–water partition coefficient (Wildman–Crippen LogP) is 4.74. The Balaban J connectivity index is 1.43. The number of rotatable bonds is 8. The second-order valence-corrected chi connectivity index (χ2v) is 10.7. The summed E-state index contributed by atoms with van der Waals surface area (Å²) in [6.07, 6.45) is 0.529. The minimum atomic E-state index is -0.906. The summed E-state index contributed by atoms with van der Waals surface area (Å²) in [6, 6.07) is 15.8. The molecule has 2 aromatic carbocycles. The minimum Gasteiger partial charge on any atom is -0.492 e. The van der Waals surface area contributed by atoms with Crippen molar-refractivity contribution in [2.45, 2.75) is 46.4 Å². The van der Waals surface area contributed by atoms with E-state index < -0.39 is 11.4 Å². The minimum absolute atomic E-state index is 0.313. The predicted molar refractivity (Wildman–Crippen MR) is 150 cm³/mol. The van der Waals surface area contributed by atoms with E-state index in [-0.39, 0.29) is 6.04 Å². The Morgan fingerprint density at radius 1 is 1.21 bits per heavy atom. The molecule has 1 saturated heterocycles. The third kappa shape index (κ3) is 5.31. The van der Waals surface area contributed by atoms with Crippen LogP contribution in [0.1, 0.15) is 35.6 Å². The average Bonchev–Trinajstić information content (AvgIpc) is 3.08. The molecule has 2 aliphatic rings. The molecule has 3 aromatic rings. The number of aliphatic carboxylic acids is 1. The fourth-order valence-electron chi connectivity index (χ4n) is 5.65. The molecule has 206 valence electrons. The number of methoxy groups -OCH3 is 1. The molecule has 0 aliphatic carbocycles. The van der Waals surface area contributed by atoms with Gasteiger partial charge in [0.25, 0.3) is 0 Å². The molecule has 2 aliphatic heterocycles. The molecule has 0 saturated carbocycles. The highest BCUT2D eigenvalue weighted by atomic mass is 16.5. The van der Waals surface area contributed by atoms with Gasteiger partial charge >= 0.3 is 5.97 Å². The van der Waals surface area contributed by atoms with Gasteiger partial charge in [-0.2, -0.15) is 0 Å². The van der Waals surface area contributed by atoms with Crippen molar-refractivity contribution in [2.75, 3.05) is 38.3 Å². The number of ether oxygens (including phenoxy) is 3. The van der Waals surface area contributed by atoms with Crippen molar-refractivity contribution < 1.29 is 24.1 Å².